The first-order chi connectivity index (χ1) is 10.2. The molecule has 1 N–H and O–H groups in total. The van der Waals surface area contributed by atoms with E-state index in [0.29, 0.717) is 19.8 Å². The quantitative estimate of drug-likeness (QED) is 0.904. The first kappa shape index (κ1) is 14.7. The molecule has 4 nitrogen and oxygen atoms in total. The van der Waals surface area contributed by atoms with E-state index in [2.05, 4.69) is 24.0 Å². The van der Waals surface area contributed by atoms with E-state index in [0.717, 1.165) is 24.8 Å². The molecule has 1 aromatic carbocycles. The minimum Gasteiger partial charge on any atom is -0.491 e. The Morgan fingerprint density at radius 2 is 2.19 bits per heavy atom. The Hall–Kier alpha value is -1.26. The predicted molar refractivity (Wildman–Crippen MR) is 82.9 cm³/mol. The van der Waals surface area contributed by atoms with Crippen LogP contribution in [0.4, 0.5) is 5.69 Å². The van der Waals surface area contributed by atoms with E-state index in [4.69, 9.17) is 9.47 Å². The predicted octanol–water partition coefficient (Wildman–Crippen LogP) is 2.31. The van der Waals surface area contributed by atoms with Crippen LogP contribution in [0.1, 0.15) is 19.8 Å². The monoisotopic (exact) mass is 291 g/mol. The largest absolute Gasteiger partial charge is 0.491 e. The molecule has 2 saturated heterocycles. The molecule has 3 rings (SSSR count). The van der Waals surface area contributed by atoms with Gasteiger partial charge in [-0.25, -0.2) is 0 Å². The van der Waals surface area contributed by atoms with Gasteiger partial charge >= 0.3 is 0 Å². The van der Waals surface area contributed by atoms with E-state index in [-0.39, 0.29) is 12.0 Å². The van der Waals surface area contributed by atoms with Crippen molar-refractivity contribution in [2.24, 2.45) is 11.3 Å². The molecule has 2 aliphatic rings. The Morgan fingerprint density at radius 3 is 2.86 bits per heavy atom. The molecule has 0 amide bonds. The third-order valence-electron chi connectivity index (χ3n) is 4.55. The fourth-order valence-electron chi connectivity index (χ4n) is 3.09. The molecule has 2 aliphatic heterocycles. The highest BCUT2D eigenvalue weighted by Gasteiger charge is 2.39. The van der Waals surface area contributed by atoms with Crippen molar-refractivity contribution in [1.29, 1.82) is 0 Å². The number of rotatable bonds is 5. The number of aliphatic hydroxyl groups excluding tert-OH is 1. The molecule has 0 spiro atoms. The van der Waals surface area contributed by atoms with Crippen LogP contribution in [0, 0.1) is 11.3 Å². The van der Waals surface area contributed by atoms with Crippen molar-refractivity contribution in [3.05, 3.63) is 24.3 Å². The van der Waals surface area contributed by atoms with Gasteiger partial charge in [0.15, 0.2) is 0 Å². The Labute approximate surface area is 126 Å². The zero-order valence-corrected chi connectivity index (χ0v) is 12.8. The summed E-state index contributed by atoms with van der Waals surface area (Å²) in [6.07, 6.45) is 2.55. The SMILES string of the molecule is CC1CCCN(c2ccccc2OCC2(CO)COC2)C1. The summed E-state index contributed by atoms with van der Waals surface area (Å²) in [5.74, 6) is 1.65. The van der Waals surface area contributed by atoms with Gasteiger partial charge < -0.3 is 19.5 Å². The number of piperidine rings is 1. The minimum absolute atomic E-state index is 0.121. The van der Waals surface area contributed by atoms with E-state index in [1.165, 1.54) is 18.5 Å². The number of hydrogen-bond acceptors (Lipinski definition) is 4. The zero-order chi connectivity index (χ0) is 14.7. The van der Waals surface area contributed by atoms with Crippen molar-refractivity contribution >= 4 is 5.69 Å². The molecule has 0 aliphatic carbocycles. The number of benzene rings is 1. The number of hydrogen-bond donors (Lipinski definition) is 1. The molecule has 0 saturated carbocycles. The van der Waals surface area contributed by atoms with Gasteiger partial charge in [0.2, 0.25) is 0 Å². The van der Waals surface area contributed by atoms with Crippen LogP contribution in [0.15, 0.2) is 24.3 Å². The van der Waals surface area contributed by atoms with Crippen LogP contribution in [-0.2, 0) is 4.74 Å². The summed E-state index contributed by atoms with van der Waals surface area (Å²) in [4.78, 5) is 2.42. The van der Waals surface area contributed by atoms with Crippen LogP contribution in [0.5, 0.6) is 5.75 Å². The van der Waals surface area contributed by atoms with Crippen molar-refractivity contribution in [1.82, 2.24) is 0 Å². The second-order valence-corrected chi connectivity index (χ2v) is 6.60. The lowest BCUT2D eigenvalue weighted by Gasteiger charge is -2.40. The van der Waals surface area contributed by atoms with Crippen LogP contribution >= 0.6 is 0 Å². The van der Waals surface area contributed by atoms with Gasteiger partial charge in [0.25, 0.3) is 0 Å². The molecule has 4 heteroatoms. The van der Waals surface area contributed by atoms with Gasteiger partial charge in [0, 0.05) is 13.1 Å². The summed E-state index contributed by atoms with van der Waals surface area (Å²) >= 11 is 0. The van der Waals surface area contributed by atoms with E-state index in [1.54, 1.807) is 0 Å². The molecule has 0 radical (unpaired) electrons. The van der Waals surface area contributed by atoms with Crippen molar-refractivity contribution in [2.45, 2.75) is 19.8 Å². The van der Waals surface area contributed by atoms with Gasteiger partial charge in [-0.15, -0.1) is 0 Å². The highest BCUT2D eigenvalue weighted by molar-refractivity contribution is 5.58. The smallest absolute Gasteiger partial charge is 0.142 e. The average molecular weight is 291 g/mol. The molecule has 1 unspecified atom stereocenters. The number of ether oxygens (including phenoxy) is 2. The summed E-state index contributed by atoms with van der Waals surface area (Å²) < 4.78 is 11.3. The van der Waals surface area contributed by atoms with Gasteiger partial charge in [-0.3, -0.25) is 0 Å². The molecule has 1 aromatic rings. The second-order valence-electron chi connectivity index (χ2n) is 6.60. The summed E-state index contributed by atoms with van der Waals surface area (Å²) in [5.41, 5.74) is 0.972. The van der Waals surface area contributed by atoms with Crippen molar-refractivity contribution in [2.75, 3.05) is 44.4 Å². The standard InChI is InChI=1S/C17H25NO3/c1-14-5-4-8-18(9-14)15-6-2-3-7-16(15)21-13-17(10-19)11-20-12-17/h2-3,6-7,14,19H,4-5,8-13H2,1H3. The van der Waals surface area contributed by atoms with E-state index in [9.17, 15) is 5.11 Å². The van der Waals surface area contributed by atoms with Crippen LogP contribution in [-0.4, -0.2) is 44.6 Å². The zero-order valence-electron chi connectivity index (χ0n) is 12.8. The first-order valence-electron chi connectivity index (χ1n) is 7.88. The lowest BCUT2D eigenvalue weighted by molar-refractivity contribution is -0.153. The average Bonchev–Trinajstić information content (AvgIpc) is 2.47. The molecule has 0 bridgehead atoms. The van der Waals surface area contributed by atoms with Crippen molar-refractivity contribution < 1.29 is 14.6 Å². The van der Waals surface area contributed by atoms with Crippen molar-refractivity contribution in [3.8, 4) is 5.75 Å². The third kappa shape index (κ3) is 3.16. The molecular weight excluding hydrogens is 266 g/mol. The van der Waals surface area contributed by atoms with E-state index >= 15 is 0 Å². The van der Waals surface area contributed by atoms with Gasteiger partial charge in [0.1, 0.15) is 12.4 Å². The van der Waals surface area contributed by atoms with E-state index in [1.807, 2.05) is 12.1 Å². The fourth-order valence-corrected chi connectivity index (χ4v) is 3.09. The van der Waals surface area contributed by atoms with Gasteiger partial charge in [-0.05, 0) is 30.9 Å². The first-order valence-corrected chi connectivity index (χ1v) is 7.88. The number of anilines is 1. The highest BCUT2D eigenvalue weighted by atomic mass is 16.5. The summed E-state index contributed by atoms with van der Waals surface area (Å²) in [6.45, 7) is 6.31. The summed E-state index contributed by atoms with van der Waals surface area (Å²) in [7, 11) is 0. The third-order valence-corrected chi connectivity index (χ3v) is 4.55. The molecule has 2 heterocycles. The van der Waals surface area contributed by atoms with Crippen LogP contribution in [0.25, 0.3) is 0 Å². The molecule has 116 valence electrons. The Morgan fingerprint density at radius 1 is 1.38 bits per heavy atom. The summed E-state index contributed by atoms with van der Waals surface area (Å²) in [5, 5.41) is 9.50. The fraction of sp³-hybridized carbons (Fsp3) is 0.647. The van der Waals surface area contributed by atoms with Gasteiger partial charge in [-0.2, -0.15) is 0 Å². The highest BCUT2D eigenvalue weighted by Crippen LogP contribution is 2.34. The lowest BCUT2D eigenvalue weighted by atomic mass is 9.88. The normalized spacial score (nSPS) is 24.5. The van der Waals surface area contributed by atoms with Crippen molar-refractivity contribution in [3.63, 3.8) is 0 Å². The van der Waals surface area contributed by atoms with Crippen LogP contribution < -0.4 is 9.64 Å². The van der Waals surface area contributed by atoms with Gasteiger partial charge in [0.05, 0.1) is 30.9 Å². The molecular formula is C17H25NO3. The number of para-hydroxylation sites is 2. The lowest BCUT2D eigenvalue weighted by Crippen LogP contribution is -2.50. The molecule has 0 aromatic heterocycles. The maximum atomic E-state index is 9.50. The van der Waals surface area contributed by atoms with Crippen LogP contribution in [0.3, 0.4) is 0 Å². The minimum atomic E-state index is -0.206. The van der Waals surface area contributed by atoms with E-state index < -0.39 is 0 Å². The Balaban J connectivity index is 1.70. The second kappa shape index (κ2) is 6.24. The Kier molecular flexibility index (Phi) is 4.36. The topological polar surface area (TPSA) is 41.9 Å². The molecule has 2 fully saturated rings. The molecule has 1 atom stereocenters. The maximum Gasteiger partial charge on any atom is 0.142 e. The van der Waals surface area contributed by atoms with Gasteiger partial charge in [-0.1, -0.05) is 19.1 Å². The molecule has 21 heavy (non-hydrogen) atoms. The Bertz CT molecular complexity index is 467. The van der Waals surface area contributed by atoms with Crippen LogP contribution in [0.2, 0.25) is 0 Å². The number of nitrogens with zero attached hydrogens (tertiary/aromatic N) is 1. The summed E-state index contributed by atoms with van der Waals surface area (Å²) in [6, 6.07) is 8.24. The number of aliphatic hydroxyl groups is 1. The maximum absolute atomic E-state index is 9.50.